The van der Waals surface area contributed by atoms with E-state index in [4.69, 9.17) is 19.4 Å². The SMILES string of the molecule is COc1cccc(-c2ccc3c(c2)CN(c2nc(CN(C)C)nc4c2CC(C)(C)CC4)CCO3)c1. The molecule has 0 unspecified atom stereocenters. The molecule has 0 N–H and O–H groups in total. The molecular weight excluding hydrogens is 436 g/mol. The molecule has 0 saturated carbocycles. The molecule has 0 atom stereocenters. The molecule has 6 heteroatoms. The standard InChI is InChI=1S/C29H36N4O2/c1-29(2)12-11-25-24(17-29)28(31-27(30-25)19-32(3)4)33-13-14-35-26-10-9-21(15-22(26)18-33)20-7-6-8-23(16-20)34-5/h6-10,15-16H,11-14,17-19H2,1-5H3. The Morgan fingerprint density at radius 2 is 1.91 bits per heavy atom. The molecule has 5 rings (SSSR count). The Balaban J connectivity index is 1.53. The van der Waals surface area contributed by atoms with E-state index in [0.717, 1.165) is 73.2 Å². The Kier molecular flexibility index (Phi) is 6.41. The van der Waals surface area contributed by atoms with Gasteiger partial charge in [-0.05, 0) is 74.2 Å². The van der Waals surface area contributed by atoms with E-state index in [1.165, 1.54) is 16.8 Å². The summed E-state index contributed by atoms with van der Waals surface area (Å²) in [6.07, 6.45) is 3.18. The Morgan fingerprint density at radius 1 is 1.09 bits per heavy atom. The molecule has 0 spiro atoms. The Hall–Kier alpha value is -3.12. The maximum Gasteiger partial charge on any atom is 0.144 e. The second kappa shape index (κ2) is 9.50. The molecule has 1 aliphatic carbocycles. The number of aryl methyl sites for hydroxylation is 1. The monoisotopic (exact) mass is 472 g/mol. The van der Waals surface area contributed by atoms with Crippen LogP contribution in [0.2, 0.25) is 0 Å². The lowest BCUT2D eigenvalue weighted by Gasteiger charge is -2.34. The third-order valence-corrected chi connectivity index (χ3v) is 7.01. The summed E-state index contributed by atoms with van der Waals surface area (Å²) < 4.78 is 11.6. The van der Waals surface area contributed by atoms with Crippen molar-refractivity contribution in [1.82, 2.24) is 14.9 Å². The maximum atomic E-state index is 6.20. The number of nitrogens with zero attached hydrogens (tertiary/aromatic N) is 4. The van der Waals surface area contributed by atoms with Crippen LogP contribution in [0, 0.1) is 5.41 Å². The number of hydrogen-bond donors (Lipinski definition) is 0. The van der Waals surface area contributed by atoms with Crippen molar-refractivity contribution in [3.63, 3.8) is 0 Å². The number of hydrogen-bond acceptors (Lipinski definition) is 6. The second-order valence-electron chi connectivity index (χ2n) is 10.8. The molecule has 0 fully saturated rings. The largest absolute Gasteiger partial charge is 0.497 e. The molecule has 0 amide bonds. The van der Waals surface area contributed by atoms with Gasteiger partial charge >= 0.3 is 0 Å². The van der Waals surface area contributed by atoms with Crippen LogP contribution in [0.25, 0.3) is 11.1 Å². The second-order valence-corrected chi connectivity index (χ2v) is 10.8. The van der Waals surface area contributed by atoms with E-state index in [2.05, 4.69) is 68.1 Å². The molecule has 35 heavy (non-hydrogen) atoms. The Bertz CT molecular complexity index is 1220. The zero-order chi connectivity index (χ0) is 24.6. The van der Waals surface area contributed by atoms with Crippen molar-refractivity contribution in [3.05, 3.63) is 65.1 Å². The van der Waals surface area contributed by atoms with Gasteiger partial charge in [-0.2, -0.15) is 0 Å². The minimum absolute atomic E-state index is 0.258. The van der Waals surface area contributed by atoms with Gasteiger partial charge in [0, 0.05) is 23.4 Å². The third kappa shape index (κ3) is 5.13. The van der Waals surface area contributed by atoms with E-state index in [1.807, 2.05) is 12.1 Å². The van der Waals surface area contributed by atoms with Gasteiger partial charge in [0.15, 0.2) is 0 Å². The molecule has 2 aromatic carbocycles. The molecule has 2 aliphatic rings. The van der Waals surface area contributed by atoms with Gasteiger partial charge in [-0.3, -0.25) is 0 Å². The topological polar surface area (TPSA) is 50.7 Å². The number of methoxy groups -OCH3 is 1. The lowest BCUT2D eigenvalue weighted by atomic mass is 9.76. The van der Waals surface area contributed by atoms with Crippen LogP contribution in [0.15, 0.2) is 42.5 Å². The van der Waals surface area contributed by atoms with E-state index in [0.29, 0.717) is 6.61 Å². The lowest BCUT2D eigenvalue weighted by molar-refractivity contribution is 0.308. The van der Waals surface area contributed by atoms with E-state index in [-0.39, 0.29) is 5.41 Å². The summed E-state index contributed by atoms with van der Waals surface area (Å²) in [5.74, 6) is 3.80. The highest BCUT2D eigenvalue weighted by Gasteiger charge is 2.31. The van der Waals surface area contributed by atoms with Crippen molar-refractivity contribution in [1.29, 1.82) is 0 Å². The molecule has 1 aromatic heterocycles. The minimum Gasteiger partial charge on any atom is -0.497 e. The minimum atomic E-state index is 0.258. The summed E-state index contributed by atoms with van der Waals surface area (Å²) in [7, 11) is 5.85. The highest BCUT2D eigenvalue weighted by atomic mass is 16.5. The molecule has 0 radical (unpaired) electrons. The summed E-state index contributed by atoms with van der Waals surface area (Å²) in [6, 6.07) is 14.7. The van der Waals surface area contributed by atoms with Gasteiger partial charge in [-0.15, -0.1) is 0 Å². The van der Waals surface area contributed by atoms with Gasteiger partial charge in [0.2, 0.25) is 0 Å². The van der Waals surface area contributed by atoms with Crippen molar-refractivity contribution in [2.45, 2.75) is 46.2 Å². The van der Waals surface area contributed by atoms with Gasteiger partial charge in [0.1, 0.15) is 29.7 Å². The van der Waals surface area contributed by atoms with Crippen LogP contribution in [0.5, 0.6) is 11.5 Å². The van der Waals surface area contributed by atoms with Crippen LogP contribution < -0.4 is 14.4 Å². The van der Waals surface area contributed by atoms with Gasteiger partial charge in [-0.1, -0.05) is 32.0 Å². The van der Waals surface area contributed by atoms with Crippen molar-refractivity contribution in [2.75, 3.05) is 39.3 Å². The fourth-order valence-electron chi connectivity index (χ4n) is 5.15. The quantitative estimate of drug-likeness (QED) is 0.513. The Labute approximate surface area is 208 Å². The van der Waals surface area contributed by atoms with Crippen LogP contribution in [0.3, 0.4) is 0 Å². The lowest BCUT2D eigenvalue weighted by Crippen LogP contribution is -2.32. The fraction of sp³-hybridized carbons (Fsp3) is 0.448. The van der Waals surface area contributed by atoms with Crippen molar-refractivity contribution in [2.24, 2.45) is 5.41 Å². The van der Waals surface area contributed by atoms with Crippen LogP contribution in [-0.2, 0) is 25.9 Å². The van der Waals surface area contributed by atoms with Gasteiger partial charge < -0.3 is 19.3 Å². The van der Waals surface area contributed by atoms with E-state index < -0.39 is 0 Å². The summed E-state index contributed by atoms with van der Waals surface area (Å²) >= 11 is 0. The number of aromatic nitrogens is 2. The predicted octanol–water partition coefficient (Wildman–Crippen LogP) is 5.13. The van der Waals surface area contributed by atoms with Crippen LogP contribution in [-0.4, -0.2) is 49.2 Å². The zero-order valence-corrected chi connectivity index (χ0v) is 21.6. The van der Waals surface area contributed by atoms with E-state index in [9.17, 15) is 0 Å². The van der Waals surface area contributed by atoms with Gasteiger partial charge in [-0.25, -0.2) is 9.97 Å². The molecule has 0 saturated heterocycles. The van der Waals surface area contributed by atoms with Gasteiger partial charge in [0.25, 0.3) is 0 Å². The Morgan fingerprint density at radius 3 is 2.71 bits per heavy atom. The molecule has 3 aromatic rings. The van der Waals surface area contributed by atoms with E-state index in [1.54, 1.807) is 7.11 Å². The average molecular weight is 473 g/mol. The predicted molar refractivity (Wildman–Crippen MR) is 140 cm³/mol. The molecule has 2 heterocycles. The molecule has 1 aliphatic heterocycles. The molecule has 0 bridgehead atoms. The first-order valence-electron chi connectivity index (χ1n) is 12.5. The normalized spacial score (nSPS) is 16.8. The first-order chi connectivity index (χ1) is 16.8. The first kappa shape index (κ1) is 23.6. The van der Waals surface area contributed by atoms with Crippen molar-refractivity contribution in [3.8, 4) is 22.6 Å². The van der Waals surface area contributed by atoms with Crippen LogP contribution in [0.1, 0.15) is 42.9 Å². The van der Waals surface area contributed by atoms with Crippen LogP contribution in [0.4, 0.5) is 5.82 Å². The van der Waals surface area contributed by atoms with E-state index >= 15 is 0 Å². The number of rotatable bonds is 5. The zero-order valence-electron chi connectivity index (χ0n) is 21.6. The van der Waals surface area contributed by atoms with Crippen LogP contribution >= 0.6 is 0 Å². The summed E-state index contributed by atoms with van der Waals surface area (Å²) in [6.45, 7) is 7.65. The maximum absolute atomic E-state index is 6.20. The van der Waals surface area contributed by atoms with Crippen molar-refractivity contribution < 1.29 is 9.47 Å². The smallest absolute Gasteiger partial charge is 0.144 e. The molecule has 184 valence electrons. The highest BCUT2D eigenvalue weighted by Crippen LogP contribution is 2.39. The number of benzene rings is 2. The fourth-order valence-corrected chi connectivity index (χ4v) is 5.15. The number of fused-ring (bicyclic) bond motifs is 2. The summed E-state index contributed by atoms with van der Waals surface area (Å²) in [5, 5.41) is 0. The average Bonchev–Trinajstić information content (AvgIpc) is 3.05. The molecule has 6 nitrogen and oxygen atoms in total. The highest BCUT2D eigenvalue weighted by molar-refractivity contribution is 5.67. The molecular formula is C29H36N4O2. The van der Waals surface area contributed by atoms with Gasteiger partial charge in [0.05, 0.1) is 20.2 Å². The third-order valence-electron chi connectivity index (χ3n) is 7.01. The van der Waals surface area contributed by atoms with Crippen molar-refractivity contribution >= 4 is 5.82 Å². The summed E-state index contributed by atoms with van der Waals surface area (Å²) in [5.41, 5.74) is 6.27. The number of anilines is 1. The number of ether oxygens (including phenoxy) is 2. The first-order valence-corrected chi connectivity index (χ1v) is 12.5. The summed E-state index contributed by atoms with van der Waals surface area (Å²) in [4.78, 5) is 14.7.